The summed E-state index contributed by atoms with van der Waals surface area (Å²) in [6.07, 6.45) is 3.65. The molecule has 0 spiro atoms. The van der Waals surface area contributed by atoms with Crippen molar-refractivity contribution in [2.75, 3.05) is 21.8 Å². The van der Waals surface area contributed by atoms with E-state index in [1.807, 2.05) is 20.1 Å². The van der Waals surface area contributed by atoms with Gasteiger partial charge in [-0.25, -0.2) is 14.8 Å². The maximum atomic E-state index is 13.1. The van der Waals surface area contributed by atoms with Gasteiger partial charge in [0.25, 0.3) is 0 Å². The number of urea groups is 1. The molecule has 2 N–H and O–H groups in total. The second-order valence-electron chi connectivity index (χ2n) is 5.96. The molecule has 2 heterocycles. The molecule has 0 unspecified atom stereocenters. The van der Waals surface area contributed by atoms with Gasteiger partial charge in [-0.3, -0.25) is 9.80 Å². The monoisotopic (exact) mass is 354 g/mol. The molecule has 1 aliphatic rings. The number of carbonyl (C=O) groups is 1. The van der Waals surface area contributed by atoms with E-state index in [1.54, 1.807) is 34.2 Å². The summed E-state index contributed by atoms with van der Waals surface area (Å²) in [5.74, 6) is 0.639. The Morgan fingerprint density at radius 2 is 2.12 bits per heavy atom. The quantitative estimate of drug-likeness (QED) is 0.517. The van der Waals surface area contributed by atoms with Gasteiger partial charge in [0.1, 0.15) is 5.82 Å². The molecule has 1 aromatic carbocycles. The Hall–Kier alpha value is -2.79. The molecule has 0 aliphatic carbocycles. The van der Waals surface area contributed by atoms with Crippen LogP contribution in [0, 0.1) is 11.3 Å². The van der Waals surface area contributed by atoms with Gasteiger partial charge < -0.3 is 5.73 Å². The third-order valence-electron chi connectivity index (χ3n) is 3.89. The molecule has 8 heteroatoms. The fraction of sp³-hybridized carbons (Fsp3) is 0.294. The number of fused-ring (bicyclic) bond motifs is 1. The van der Waals surface area contributed by atoms with E-state index >= 15 is 0 Å². The lowest BCUT2D eigenvalue weighted by Crippen LogP contribution is -2.51. The van der Waals surface area contributed by atoms with Crippen molar-refractivity contribution >= 4 is 35.0 Å². The number of nitrogen functional groups attached to an aromatic ring is 1. The molecule has 2 amide bonds. The zero-order valence-electron chi connectivity index (χ0n) is 14.2. The third-order valence-corrected chi connectivity index (χ3v) is 4.45. The van der Waals surface area contributed by atoms with Crippen molar-refractivity contribution in [2.24, 2.45) is 0 Å². The van der Waals surface area contributed by atoms with Crippen LogP contribution in [0.15, 0.2) is 29.6 Å². The van der Waals surface area contributed by atoms with Crippen LogP contribution in [-0.4, -0.2) is 28.3 Å². The lowest BCUT2D eigenvalue weighted by molar-refractivity contribution is 0.248. The summed E-state index contributed by atoms with van der Waals surface area (Å²) in [6, 6.07) is 6.74. The minimum atomic E-state index is -0.192. The molecule has 2 aromatic rings. The summed E-state index contributed by atoms with van der Waals surface area (Å²) < 4.78 is 0. The second kappa shape index (κ2) is 6.61. The molecule has 128 valence electrons. The molecule has 0 saturated heterocycles. The number of nitrogens with two attached hydrogens (primary N) is 1. The summed E-state index contributed by atoms with van der Waals surface area (Å²) in [6.45, 7) is 4.21. The smallest absolute Gasteiger partial charge is 0.330 e. The fourth-order valence-electron chi connectivity index (χ4n) is 2.78. The molecule has 0 fully saturated rings. The summed E-state index contributed by atoms with van der Waals surface area (Å²) in [4.78, 5) is 25.2. The SMILES string of the molecule is CSc1ncc2c(n1)N(C(C)C)C(=O)N(c1cc(N)cc(C#N)c1)C2. The minimum Gasteiger partial charge on any atom is -0.399 e. The molecular weight excluding hydrogens is 336 g/mol. The number of hydrogen-bond donors (Lipinski definition) is 1. The average Bonchev–Trinajstić information content (AvgIpc) is 2.59. The summed E-state index contributed by atoms with van der Waals surface area (Å²) in [5, 5.41) is 9.79. The number of carbonyl (C=O) groups excluding carboxylic acids is 1. The van der Waals surface area contributed by atoms with Crippen LogP contribution < -0.4 is 15.5 Å². The average molecular weight is 354 g/mol. The number of amides is 2. The van der Waals surface area contributed by atoms with Crippen molar-refractivity contribution in [1.82, 2.24) is 9.97 Å². The molecular formula is C17H18N6OS. The van der Waals surface area contributed by atoms with E-state index < -0.39 is 0 Å². The molecule has 3 rings (SSSR count). The first kappa shape index (κ1) is 17.0. The molecule has 1 aromatic heterocycles. The van der Waals surface area contributed by atoms with Crippen molar-refractivity contribution in [1.29, 1.82) is 5.26 Å². The number of rotatable bonds is 3. The highest BCUT2D eigenvalue weighted by molar-refractivity contribution is 7.98. The second-order valence-corrected chi connectivity index (χ2v) is 6.74. The van der Waals surface area contributed by atoms with Crippen LogP contribution in [0.1, 0.15) is 25.0 Å². The topological polar surface area (TPSA) is 99.1 Å². The Labute approximate surface area is 150 Å². The fourth-order valence-corrected chi connectivity index (χ4v) is 3.12. The Morgan fingerprint density at radius 3 is 2.76 bits per heavy atom. The van der Waals surface area contributed by atoms with Crippen LogP contribution in [0.2, 0.25) is 0 Å². The number of nitriles is 1. The Balaban J connectivity index is 2.11. The molecule has 0 bridgehead atoms. The van der Waals surface area contributed by atoms with Crippen molar-refractivity contribution < 1.29 is 4.79 Å². The zero-order chi connectivity index (χ0) is 18.1. The predicted molar refractivity (Wildman–Crippen MR) is 98.6 cm³/mol. The van der Waals surface area contributed by atoms with Crippen LogP contribution in [0.25, 0.3) is 0 Å². The van der Waals surface area contributed by atoms with Gasteiger partial charge in [-0.05, 0) is 38.3 Å². The zero-order valence-corrected chi connectivity index (χ0v) is 15.0. The van der Waals surface area contributed by atoms with E-state index in [1.165, 1.54) is 11.8 Å². The standard InChI is InChI=1S/C17H18N6OS/c1-10(2)23-15-12(8-20-16(21-15)25-3)9-22(17(23)24)14-5-11(7-18)4-13(19)6-14/h4-6,8,10H,9,19H2,1-3H3. The number of hydrogen-bond acceptors (Lipinski definition) is 6. The largest absolute Gasteiger partial charge is 0.399 e. The summed E-state index contributed by atoms with van der Waals surface area (Å²) in [7, 11) is 0. The number of nitrogens with zero attached hydrogens (tertiary/aromatic N) is 5. The first-order valence-corrected chi connectivity index (χ1v) is 8.98. The van der Waals surface area contributed by atoms with E-state index in [0.29, 0.717) is 34.5 Å². The van der Waals surface area contributed by atoms with Crippen molar-refractivity contribution in [3.05, 3.63) is 35.5 Å². The van der Waals surface area contributed by atoms with E-state index in [-0.39, 0.29) is 12.1 Å². The van der Waals surface area contributed by atoms with Crippen LogP contribution in [-0.2, 0) is 6.54 Å². The minimum absolute atomic E-state index is 0.0739. The highest BCUT2D eigenvalue weighted by Crippen LogP contribution is 2.33. The van der Waals surface area contributed by atoms with Gasteiger partial charge >= 0.3 is 6.03 Å². The normalized spacial score (nSPS) is 13.8. The van der Waals surface area contributed by atoms with Gasteiger partial charge in [0, 0.05) is 29.2 Å². The predicted octanol–water partition coefficient (Wildman–Crippen LogP) is 3.01. The molecule has 0 radical (unpaired) electrons. The number of benzene rings is 1. The van der Waals surface area contributed by atoms with Gasteiger partial charge in [-0.2, -0.15) is 5.26 Å². The highest BCUT2D eigenvalue weighted by atomic mass is 32.2. The van der Waals surface area contributed by atoms with E-state index in [4.69, 9.17) is 11.0 Å². The van der Waals surface area contributed by atoms with Gasteiger partial charge in [-0.15, -0.1) is 0 Å². The highest BCUT2D eigenvalue weighted by Gasteiger charge is 2.34. The van der Waals surface area contributed by atoms with Gasteiger partial charge in [-0.1, -0.05) is 11.8 Å². The van der Waals surface area contributed by atoms with Crippen LogP contribution in [0.5, 0.6) is 0 Å². The molecule has 0 atom stereocenters. The molecule has 1 aliphatic heterocycles. The maximum Gasteiger partial charge on any atom is 0.330 e. The van der Waals surface area contributed by atoms with E-state index in [2.05, 4.69) is 16.0 Å². The van der Waals surface area contributed by atoms with Gasteiger partial charge in [0.05, 0.1) is 18.2 Å². The molecule has 7 nitrogen and oxygen atoms in total. The Kier molecular flexibility index (Phi) is 4.51. The van der Waals surface area contributed by atoms with Gasteiger partial charge in [0.2, 0.25) is 0 Å². The van der Waals surface area contributed by atoms with E-state index in [9.17, 15) is 4.79 Å². The van der Waals surface area contributed by atoms with Crippen molar-refractivity contribution in [3.63, 3.8) is 0 Å². The first-order chi connectivity index (χ1) is 11.9. The van der Waals surface area contributed by atoms with Crippen LogP contribution >= 0.6 is 11.8 Å². The summed E-state index contributed by atoms with van der Waals surface area (Å²) >= 11 is 1.43. The number of thioether (sulfide) groups is 1. The number of aromatic nitrogens is 2. The molecule has 0 saturated carbocycles. The Morgan fingerprint density at radius 1 is 1.36 bits per heavy atom. The lowest BCUT2D eigenvalue weighted by Gasteiger charge is -2.38. The van der Waals surface area contributed by atoms with E-state index in [0.717, 1.165) is 5.56 Å². The first-order valence-electron chi connectivity index (χ1n) is 7.76. The Bertz CT molecular complexity index is 876. The molecule has 25 heavy (non-hydrogen) atoms. The van der Waals surface area contributed by atoms with Crippen LogP contribution in [0.3, 0.4) is 0 Å². The van der Waals surface area contributed by atoms with Crippen molar-refractivity contribution in [3.8, 4) is 6.07 Å². The maximum absolute atomic E-state index is 13.1. The van der Waals surface area contributed by atoms with Crippen molar-refractivity contribution in [2.45, 2.75) is 31.6 Å². The summed E-state index contributed by atoms with van der Waals surface area (Å²) in [5.41, 5.74) is 8.19. The number of anilines is 3. The van der Waals surface area contributed by atoms with Crippen LogP contribution in [0.4, 0.5) is 22.0 Å². The third kappa shape index (κ3) is 3.10. The van der Waals surface area contributed by atoms with Gasteiger partial charge in [0.15, 0.2) is 5.16 Å². The lowest BCUT2D eigenvalue weighted by atomic mass is 10.1.